The Bertz CT molecular complexity index is 1050. The van der Waals surface area contributed by atoms with Crippen LogP contribution in [0.25, 0.3) is 0 Å². The lowest BCUT2D eigenvalue weighted by Gasteiger charge is -2.18. The Labute approximate surface area is 167 Å². The predicted molar refractivity (Wildman–Crippen MR) is 108 cm³/mol. The van der Waals surface area contributed by atoms with E-state index in [0.29, 0.717) is 16.8 Å². The van der Waals surface area contributed by atoms with E-state index >= 15 is 0 Å². The van der Waals surface area contributed by atoms with Crippen LogP contribution in [0.1, 0.15) is 39.3 Å². The Hall–Kier alpha value is -3.93. The summed E-state index contributed by atoms with van der Waals surface area (Å²) in [5.41, 5.74) is 1.48. The zero-order valence-corrected chi connectivity index (χ0v) is 15.7. The average Bonchev–Trinajstić information content (AvgIpc) is 2.72. The largest absolute Gasteiger partial charge is 0.508 e. The van der Waals surface area contributed by atoms with E-state index in [4.69, 9.17) is 4.74 Å². The summed E-state index contributed by atoms with van der Waals surface area (Å²) in [6, 6.07) is 20.8. The number of benzene rings is 3. The number of aromatic hydroxyl groups is 1. The summed E-state index contributed by atoms with van der Waals surface area (Å²) in [5.74, 6) is -1.52. The highest BCUT2D eigenvalue weighted by atomic mass is 16.5. The zero-order valence-electron chi connectivity index (χ0n) is 15.7. The molecule has 1 amide bonds. The van der Waals surface area contributed by atoms with Crippen LogP contribution in [0.3, 0.4) is 0 Å². The molecule has 6 nitrogen and oxygen atoms in total. The van der Waals surface area contributed by atoms with Crippen LogP contribution in [0.5, 0.6) is 5.75 Å². The highest BCUT2D eigenvalue weighted by molar-refractivity contribution is 6.00. The lowest BCUT2D eigenvalue weighted by molar-refractivity contribution is -0.125. The van der Waals surface area contributed by atoms with Gasteiger partial charge in [-0.25, -0.2) is 4.79 Å². The maximum absolute atomic E-state index is 12.9. The molecule has 146 valence electrons. The topological polar surface area (TPSA) is 92.7 Å². The van der Waals surface area contributed by atoms with Crippen molar-refractivity contribution in [3.63, 3.8) is 0 Å². The van der Waals surface area contributed by atoms with Crippen LogP contribution in [0, 0.1) is 0 Å². The van der Waals surface area contributed by atoms with Crippen LogP contribution in [0.15, 0.2) is 78.9 Å². The monoisotopic (exact) mass is 389 g/mol. The van der Waals surface area contributed by atoms with E-state index in [1.54, 1.807) is 54.6 Å². The fourth-order valence-corrected chi connectivity index (χ4v) is 2.73. The number of ether oxygens (including phenoxy) is 1. The number of esters is 1. The lowest BCUT2D eigenvalue weighted by atomic mass is 10.1. The smallest absolute Gasteiger partial charge is 0.339 e. The number of carbonyl (C=O) groups is 3. The second kappa shape index (κ2) is 8.84. The predicted octanol–water partition coefficient (Wildman–Crippen LogP) is 4.13. The standard InChI is InChI=1S/C23H19NO5/c1-15(25)17-9-5-11-19(13-17)24-22(27)21(16-7-3-2-4-8-16)29-23(28)18-10-6-12-20(26)14-18/h2-14,21,26H,1H3,(H,24,27)/t21-/m1/s1. The van der Waals surface area contributed by atoms with Crippen molar-refractivity contribution in [1.82, 2.24) is 0 Å². The molecule has 0 saturated heterocycles. The van der Waals surface area contributed by atoms with E-state index in [0.717, 1.165) is 0 Å². The van der Waals surface area contributed by atoms with Crippen LogP contribution in [0.2, 0.25) is 0 Å². The van der Waals surface area contributed by atoms with Gasteiger partial charge in [0.2, 0.25) is 6.10 Å². The van der Waals surface area contributed by atoms with Crippen LogP contribution in [-0.2, 0) is 9.53 Å². The lowest BCUT2D eigenvalue weighted by Crippen LogP contribution is -2.26. The third kappa shape index (κ3) is 5.07. The van der Waals surface area contributed by atoms with Gasteiger partial charge in [0, 0.05) is 16.8 Å². The molecule has 3 rings (SSSR count). The van der Waals surface area contributed by atoms with Crippen LogP contribution in [-0.4, -0.2) is 22.8 Å². The fraction of sp³-hybridized carbons (Fsp3) is 0.0870. The molecule has 0 aromatic heterocycles. The molecule has 0 unspecified atom stereocenters. The maximum Gasteiger partial charge on any atom is 0.339 e. The molecule has 3 aromatic rings. The van der Waals surface area contributed by atoms with Crippen molar-refractivity contribution in [3.8, 4) is 5.75 Å². The van der Waals surface area contributed by atoms with Crippen molar-refractivity contribution >= 4 is 23.3 Å². The minimum absolute atomic E-state index is 0.0822. The summed E-state index contributed by atoms with van der Waals surface area (Å²) in [5, 5.41) is 12.3. The van der Waals surface area contributed by atoms with Crippen LogP contribution < -0.4 is 5.32 Å². The minimum atomic E-state index is -1.22. The molecular weight excluding hydrogens is 370 g/mol. The molecule has 6 heteroatoms. The van der Waals surface area contributed by atoms with Gasteiger partial charge in [-0.05, 0) is 37.3 Å². The second-order valence-corrected chi connectivity index (χ2v) is 6.37. The molecule has 0 aliphatic heterocycles. The number of hydrogen-bond donors (Lipinski definition) is 2. The van der Waals surface area contributed by atoms with Crippen molar-refractivity contribution in [1.29, 1.82) is 0 Å². The summed E-state index contributed by atoms with van der Waals surface area (Å²) in [6.07, 6.45) is -1.22. The molecule has 0 fully saturated rings. The normalized spacial score (nSPS) is 11.3. The average molecular weight is 389 g/mol. The first kappa shape index (κ1) is 19.8. The number of phenolic OH excluding ortho intramolecular Hbond substituents is 1. The molecule has 29 heavy (non-hydrogen) atoms. The van der Waals surface area contributed by atoms with E-state index in [-0.39, 0.29) is 17.1 Å². The highest BCUT2D eigenvalue weighted by Gasteiger charge is 2.26. The molecule has 0 heterocycles. The van der Waals surface area contributed by atoms with Gasteiger partial charge in [-0.1, -0.05) is 48.5 Å². The summed E-state index contributed by atoms with van der Waals surface area (Å²) in [6.45, 7) is 1.44. The van der Waals surface area contributed by atoms with Gasteiger partial charge >= 0.3 is 5.97 Å². The summed E-state index contributed by atoms with van der Waals surface area (Å²) >= 11 is 0. The Morgan fingerprint density at radius 3 is 2.24 bits per heavy atom. The van der Waals surface area contributed by atoms with E-state index in [2.05, 4.69) is 5.32 Å². The molecule has 0 aliphatic rings. The van der Waals surface area contributed by atoms with E-state index in [1.807, 2.05) is 0 Å². The van der Waals surface area contributed by atoms with Gasteiger partial charge in [0.15, 0.2) is 5.78 Å². The Morgan fingerprint density at radius 1 is 0.862 bits per heavy atom. The number of rotatable bonds is 6. The number of nitrogens with one attached hydrogen (secondary N) is 1. The van der Waals surface area contributed by atoms with Gasteiger partial charge in [0.1, 0.15) is 5.75 Å². The van der Waals surface area contributed by atoms with Gasteiger partial charge in [-0.2, -0.15) is 0 Å². The molecule has 0 saturated carbocycles. The van der Waals surface area contributed by atoms with Crippen LogP contribution in [0.4, 0.5) is 5.69 Å². The van der Waals surface area contributed by atoms with Gasteiger partial charge in [0.05, 0.1) is 5.56 Å². The summed E-state index contributed by atoms with van der Waals surface area (Å²) in [7, 11) is 0. The molecular formula is C23H19NO5. The highest BCUT2D eigenvalue weighted by Crippen LogP contribution is 2.23. The molecule has 0 bridgehead atoms. The van der Waals surface area contributed by atoms with Gasteiger partial charge < -0.3 is 15.2 Å². The van der Waals surface area contributed by atoms with Crippen molar-refractivity contribution in [3.05, 3.63) is 95.6 Å². The number of anilines is 1. The number of hydrogen-bond acceptors (Lipinski definition) is 5. The molecule has 0 aliphatic carbocycles. The Kier molecular flexibility index (Phi) is 6.04. The Balaban J connectivity index is 1.85. The van der Waals surface area contributed by atoms with Crippen molar-refractivity contribution in [2.75, 3.05) is 5.32 Å². The maximum atomic E-state index is 12.9. The number of carbonyl (C=O) groups excluding carboxylic acids is 3. The fourth-order valence-electron chi connectivity index (χ4n) is 2.73. The summed E-state index contributed by atoms with van der Waals surface area (Å²) < 4.78 is 5.46. The van der Waals surface area contributed by atoms with Gasteiger partial charge in [0.25, 0.3) is 5.91 Å². The number of phenols is 1. The number of Topliss-reactive ketones (excluding diaryl/α,β-unsaturated/α-hetero) is 1. The molecule has 2 N–H and O–H groups in total. The van der Waals surface area contributed by atoms with Crippen LogP contribution >= 0.6 is 0 Å². The second-order valence-electron chi connectivity index (χ2n) is 6.37. The minimum Gasteiger partial charge on any atom is -0.508 e. The Morgan fingerprint density at radius 2 is 1.55 bits per heavy atom. The molecule has 0 radical (unpaired) electrons. The first-order valence-electron chi connectivity index (χ1n) is 8.91. The molecule has 0 spiro atoms. The number of ketones is 1. The van der Waals surface area contributed by atoms with E-state index in [9.17, 15) is 19.5 Å². The van der Waals surface area contributed by atoms with Crippen molar-refractivity contribution in [2.45, 2.75) is 13.0 Å². The first-order chi connectivity index (χ1) is 13.9. The van der Waals surface area contributed by atoms with Crippen molar-refractivity contribution < 1.29 is 24.2 Å². The molecule has 3 aromatic carbocycles. The third-order valence-corrected chi connectivity index (χ3v) is 4.18. The summed E-state index contributed by atoms with van der Waals surface area (Å²) in [4.78, 5) is 37.0. The molecule has 1 atom stereocenters. The zero-order chi connectivity index (χ0) is 20.8. The van der Waals surface area contributed by atoms with Crippen molar-refractivity contribution in [2.24, 2.45) is 0 Å². The first-order valence-corrected chi connectivity index (χ1v) is 8.91. The quantitative estimate of drug-likeness (QED) is 0.488. The third-order valence-electron chi connectivity index (χ3n) is 4.18. The number of amides is 1. The van der Waals surface area contributed by atoms with E-state index in [1.165, 1.54) is 31.2 Å². The SMILES string of the molecule is CC(=O)c1cccc(NC(=O)[C@H](OC(=O)c2cccc(O)c2)c2ccccc2)c1. The van der Waals surface area contributed by atoms with E-state index < -0.39 is 18.0 Å². The van der Waals surface area contributed by atoms with Gasteiger partial charge in [-0.3, -0.25) is 9.59 Å². The van der Waals surface area contributed by atoms with Gasteiger partial charge in [-0.15, -0.1) is 0 Å².